The average Bonchev–Trinajstić information content (AvgIpc) is 2.15. The zero-order valence-electron chi connectivity index (χ0n) is 7.62. The monoisotopic (exact) mass is 234 g/mol. The van der Waals surface area contributed by atoms with Gasteiger partial charge < -0.3 is 10.5 Å². The van der Waals surface area contributed by atoms with Crippen molar-refractivity contribution in [1.82, 2.24) is 4.98 Å². The highest BCUT2D eigenvalue weighted by atomic mass is 19.4. The molecular formula is C8H5F3N2O3. The van der Waals surface area contributed by atoms with E-state index in [0.29, 0.717) is 0 Å². The molecule has 0 saturated heterocycles. The summed E-state index contributed by atoms with van der Waals surface area (Å²) >= 11 is 0. The van der Waals surface area contributed by atoms with Crippen molar-refractivity contribution in [2.45, 2.75) is 6.18 Å². The number of Topliss-reactive ketones (excluding diaryl/α,β-unsaturated/α-hetero) is 1. The molecule has 0 aliphatic carbocycles. The molecule has 0 saturated carbocycles. The van der Waals surface area contributed by atoms with Gasteiger partial charge in [-0.25, -0.2) is 9.78 Å². The van der Waals surface area contributed by atoms with Gasteiger partial charge in [0.1, 0.15) is 0 Å². The minimum absolute atomic E-state index is 0.766. The van der Waals surface area contributed by atoms with Gasteiger partial charge in [-0.15, -0.1) is 0 Å². The fourth-order valence-electron chi connectivity index (χ4n) is 0.893. The number of nitrogens with two attached hydrogens (primary N) is 1. The lowest BCUT2D eigenvalue weighted by Gasteiger charge is -2.08. The molecule has 16 heavy (non-hydrogen) atoms. The summed E-state index contributed by atoms with van der Waals surface area (Å²) in [5.74, 6) is -2.92. The molecule has 1 rings (SSSR count). The zero-order valence-corrected chi connectivity index (χ0v) is 7.62. The summed E-state index contributed by atoms with van der Waals surface area (Å²) in [5.41, 5.74) is 3.74. The number of halogens is 3. The van der Waals surface area contributed by atoms with Crippen LogP contribution in [0, 0.1) is 0 Å². The molecule has 0 aromatic carbocycles. The van der Waals surface area contributed by atoms with E-state index < -0.39 is 29.5 Å². The van der Waals surface area contributed by atoms with E-state index in [1.54, 1.807) is 0 Å². The maximum Gasteiger partial charge on any atom is 0.455 e. The molecule has 0 fully saturated rings. The van der Waals surface area contributed by atoms with Crippen LogP contribution in [0.3, 0.4) is 0 Å². The first-order valence-corrected chi connectivity index (χ1v) is 3.86. The predicted molar refractivity (Wildman–Crippen MR) is 44.8 cm³/mol. The number of primary amides is 1. The van der Waals surface area contributed by atoms with Crippen molar-refractivity contribution in [3.8, 4) is 5.88 Å². The molecule has 8 heteroatoms. The van der Waals surface area contributed by atoms with Gasteiger partial charge in [-0.2, -0.15) is 13.2 Å². The van der Waals surface area contributed by atoms with Crippen LogP contribution in [0.4, 0.5) is 18.0 Å². The lowest BCUT2D eigenvalue weighted by molar-refractivity contribution is -0.0886. The summed E-state index contributed by atoms with van der Waals surface area (Å²) in [6.45, 7) is 0. The van der Waals surface area contributed by atoms with E-state index in [1.807, 2.05) is 0 Å². The molecule has 0 spiro atoms. The molecule has 2 N–H and O–H groups in total. The first-order valence-electron chi connectivity index (χ1n) is 3.86. The third-order valence-electron chi connectivity index (χ3n) is 1.47. The molecule has 1 aromatic heterocycles. The van der Waals surface area contributed by atoms with Crippen LogP contribution in [0.2, 0.25) is 0 Å². The number of pyridine rings is 1. The molecule has 0 aliphatic heterocycles. The number of aromatic nitrogens is 1. The van der Waals surface area contributed by atoms with Gasteiger partial charge in [-0.05, 0) is 12.1 Å². The Kier molecular flexibility index (Phi) is 3.11. The topological polar surface area (TPSA) is 82.3 Å². The molecular weight excluding hydrogens is 229 g/mol. The minimum Gasteiger partial charge on any atom is -0.391 e. The van der Waals surface area contributed by atoms with E-state index in [0.717, 1.165) is 18.3 Å². The van der Waals surface area contributed by atoms with Gasteiger partial charge in [0.05, 0.1) is 5.56 Å². The van der Waals surface area contributed by atoms with Gasteiger partial charge in [0.15, 0.2) is 0 Å². The maximum atomic E-state index is 12.1. The molecule has 0 unspecified atom stereocenters. The number of carbonyl (C=O) groups is 2. The number of hydrogen-bond donors (Lipinski definition) is 1. The number of amides is 1. The second kappa shape index (κ2) is 4.17. The summed E-state index contributed by atoms with van der Waals surface area (Å²) in [4.78, 5) is 24.5. The second-order valence-corrected chi connectivity index (χ2v) is 2.60. The smallest absolute Gasteiger partial charge is 0.391 e. The van der Waals surface area contributed by atoms with Gasteiger partial charge in [0, 0.05) is 6.20 Å². The summed E-state index contributed by atoms with van der Waals surface area (Å²) in [5, 5.41) is 0. The Bertz CT molecular complexity index is 431. The van der Waals surface area contributed by atoms with E-state index in [2.05, 4.69) is 15.5 Å². The summed E-state index contributed by atoms with van der Waals surface area (Å²) in [7, 11) is 0. The number of nitrogens with zero attached hydrogens (tertiary/aromatic N) is 1. The predicted octanol–water partition coefficient (Wildman–Crippen LogP) is 1.28. The van der Waals surface area contributed by atoms with Crippen LogP contribution < -0.4 is 10.5 Å². The van der Waals surface area contributed by atoms with Crippen molar-refractivity contribution in [2.24, 2.45) is 5.73 Å². The van der Waals surface area contributed by atoms with Crippen molar-refractivity contribution in [2.75, 3.05) is 0 Å². The highest BCUT2D eigenvalue weighted by molar-refractivity contribution is 6.02. The standard InChI is InChI=1S/C8H5F3N2O3/c9-8(10,11)5(14)4-2-1-3-13-6(4)16-7(12)15/h1-3H,(H2,12,15). The summed E-state index contributed by atoms with van der Waals surface area (Å²) < 4.78 is 40.5. The quantitative estimate of drug-likeness (QED) is 0.781. The van der Waals surface area contributed by atoms with Gasteiger partial charge in [-0.1, -0.05) is 0 Å². The van der Waals surface area contributed by atoms with E-state index in [9.17, 15) is 22.8 Å². The molecule has 1 amide bonds. The van der Waals surface area contributed by atoms with Crippen molar-refractivity contribution in [3.05, 3.63) is 23.9 Å². The first kappa shape index (κ1) is 12.0. The van der Waals surface area contributed by atoms with Crippen LogP contribution in [-0.4, -0.2) is 23.0 Å². The Hall–Kier alpha value is -2.12. The molecule has 1 heterocycles. The van der Waals surface area contributed by atoms with E-state index >= 15 is 0 Å². The molecule has 0 bridgehead atoms. The fraction of sp³-hybridized carbons (Fsp3) is 0.125. The van der Waals surface area contributed by atoms with Gasteiger partial charge in [0.25, 0.3) is 5.78 Å². The van der Waals surface area contributed by atoms with Gasteiger partial charge >= 0.3 is 12.3 Å². The molecule has 5 nitrogen and oxygen atoms in total. The van der Waals surface area contributed by atoms with E-state index in [-0.39, 0.29) is 0 Å². The molecule has 0 atom stereocenters. The lowest BCUT2D eigenvalue weighted by Crippen LogP contribution is -2.25. The SMILES string of the molecule is NC(=O)Oc1ncccc1C(=O)C(F)(F)F. The fourth-order valence-corrected chi connectivity index (χ4v) is 0.893. The van der Waals surface area contributed by atoms with Crippen LogP contribution in [0.25, 0.3) is 0 Å². The van der Waals surface area contributed by atoms with Crippen molar-refractivity contribution >= 4 is 11.9 Å². The Morgan fingerprint density at radius 2 is 2.00 bits per heavy atom. The Labute approximate surface area is 87.0 Å². The number of ketones is 1. The Balaban J connectivity index is 3.13. The Morgan fingerprint density at radius 3 is 2.50 bits per heavy atom. The molecule has 0 radical (unpaired) electrons. The number of carbonyl (C=O) groups excluding carboxylic acids is 2. The van der Waals surface area contributed by atoms with E-state index in [1.165, 1.54) is 0 Å². The number of alkyl halides is 3. The third kappa shape index (κ3) is 2.69. The normalized spacial score (nSPS) is 10.9. The lowest BCUT2D eigenvalue weighted by atomic mass is 10.2. The first-order chi connectivity index (χ1) is 7.32. The van der Waals surface area contributed by atoms with Gasteiger partial charge in [-0.3, -0.25) is 4.79 Å². The largest absolute Gasteiger partial charge is 0.455 e. The third-order valence-corrected chi connectivity index (χ3v) is 1.47. The zero-order chi connectivity index (χ0) is 12.3. The maximum absolute atomic E-state index is 12.1. The number of rotatable bonds is 2. The van der Waals surface area contributed by atoms with Crippen LogP contribution in [-0.2, 0) is 0 Å². The molecule has 86 valence electrons. The van der Waals surface area contributed by atoms with Gasteiger partial charge in [0.2, 0.25) is 5.88 Å². The van der Waals surface area contributed by atoms with E-state index in [4.69, 9.17) is 0 Å². The number of ether oxygens (including phenoxy) is 1. The Morgan fingerprint density at radius 1 is 1.38 bits per heavy atom. The minimum atomic E-state index is -5.07. The number of hydrogen-bond acceptors (Lipinski definition) is 4. The second-order valence-electron chi connectivity index (χ2n) is 2.60. The summed E-state index contributed by atoms with van der Waals surface area (Å²) in [6, 6.07) is 1.94. The highest BCUT2D eigenvalue weighted by Crippen LogP contribution is 2.25. The van der Waals surface area contributed by atoms with Crippen LogP contribution in [0.1, 0.15) is 10.4 Å². The van der Waals surface area contributed by atoms with Crippen LogP contribution in [0.5, 0.6) is 5.88 Å². The molecule has 1 aromatic rings. The van der Waals surface area contributed by atoms with Crippen LogP contribution >= 0.6 is 0 Å². The van der Waals surface area contributed by atoms with Crippen molar-refractivity contribution in [1.29, 1.82) is 0 Å². The van der Waals surface area contributed by atoms with Crippen molar-refractivity contribution < 1.29 is 27.5 Å². The van der Waals surface area contributed by atoms with Crippen LogP contribution in [0.15, 0.2) is 18.3 Å². The van der Waals surface area contributed by atoms with Crippen molar-refractivity contribution in [3.63, 3.8) is 0 Å². The summed E-state index contributed by atoms with van der Waals surface area (Å²) in [6.07, 6.45) is -5.36. The molecule has 0 aliphatic rings. The highest BCUT2D eigenvalue weighted by Gasteiger charge is 2.41. The average molecular weight is 234 g/mol.